The fourth-order valence-corrected chi connectivity index (χ4v) is 4.43. The van der Waals surface area contributed by atoms with Crippen LogP contribution in [0.3, 0.4) is 0 Å². The van der Waals surface area contributed by atoms with Gasteiger partial charge in [-0.25, -0.2) is 0 Å². The second-order valence-corrected chi connectivity index (χ2v) is 9.20. The molecule has 0 aliphatic heterocycles. The molecule has 7 nitrogen and oxygen atoms in total. The minimum absolute atomic E-state index is 0.0931. The lowest BCUT2D eigenvalue weighted by Crippen LogP contribution is -2.34. The number of rotatable bonds is 14. The quantitative estimate of drug-likeness (QED) is 0.195. The zero-order valence-corrected chi connectivity index (χ0v) is 21.2. The predicted octanol–water partition coefficient (Wildman–Crippen LogP) is 3.93. The molecular formula is C30H36N4O3. The maximum Gasteiger partial charge on any atom is 0.234 e. The third kappa shape index (κ3) is 7.26. The van der Waals surface area contributed by atoms with Gasteiger partial charge in [-0.1, -0.05) is 54.6 Å². The SMILES string of the molecule is NCCCCNCCCCNCC(=O)NCc1cccc2c(=O)cc(-c3cccc4ccccc34)oc12. The topological polar surface area (TPSA) is 109 Å². The molecule has 0 atom stereocenters. The van der Waals surface area contributed by atoms with Crippen LogP contribution in [-0.4, -0.2) is 38.6 Å². The molecule has 0 aliphatic rings. The Morgan fingerprint density at radius 2 is 1.51 bits per heavy atom. The lowest BCUT2D eigenvalue weighted by molar-refractivity contribution is -0.120. The predicted molar refractivity (Wildman–Crippen MR) is 151 cm³/mol. The summed E-state index contributed by atoms with van der Waals surface area (Å²) in [6.45, 7) is 4.05. The molecule has 37 heavy (non-hydrogen) atoms. The molecule has 4 aromatic rings. The van der Waals surface area contributed by atoms with Crippen LogP contribution in [0.2, 0.25) is 0 Å². The average Bonchev–Trinajstić information content (AvgIpc) is 2.92. The number of nitrogens with two attached hydrogens (primary N) is 1. The summed E-state index contributed by atoms with van der Waals surface area (Å²) in [7, 11) is 0. The summed E-state index contributed by atoms with van der Waals surface area (Å²) < 4.78 is 6.29. The first kappa shape index (κ1) is 26.5. The van der Waals surface area contributed by atoms with Gasteiger partial charge in [0.05, 0.1) is 11.9 Å². The highest BCUT2D eigenvalue weighted by atomic mass is 16.3. The summed E-state index contributed by atoms with van der Waals surface area (Å²) in [5.41, 5.74) is 7.53. The van der Waals surface area contributed by atoms with Gasteiger partial charge in [0.1, 0.15) is 11.3 Å². The van der Waals surface area contributed by atoms with Crippen molar-refractivity contribution in [3.8, 4) is 11.3 Å². The second kappa shape index (κ2) is 13.7. The normalized spacial score (nSPS) is 11.3. The van der Waals surface area contributed by atoms with E-state index in [-0.39, 0.29) is 24.4 Å². The van der Waals surface area contributed by atoms with E-state index < -0.39 is 0 Å². The van der Waals surface area contributed by atoms with Gasteiger partial charge in [-0.2, -0.15) is 0 Å². The Kier molecular flexibility index (Phi) is 9.82. The van der Waals surface area contributed by atoms with Crippen molar-refractivity contribution in [2.45, 2.75) is 32.2 Å². The molecule has 0 aliphatic carbocycles. The monoisotopic (exact) mass is 500 g/mol. The molecule has 0 fully saturated rings. The van der Waals surface area contributed by atoms with E-state index in [0.29, 0.717) is 16.7 Å². The highest BCUT2D eigenvalue weighted by Gasteiger charge is 2.13. The van der Waals surface area contributed by atoms with Crippen molar-refractivity contribution in [3.63, 3.8) is 0 Å². The van der Waals surface area contributed by atoms with Crippen LogP contribution in [0.25, 0.3) is 33.1 Å². The van der Waals surface area contributed by atoms with E-state index in [2.05, 4.69) is 16.0 Å². The Morgan fingerprint density at radius 1 is 0.811 bits per heavy atom. The van der Waals surface area contributed by atoms with Crippen molar-refractivity contribution in [1.29, 1.82) is 0 Å². The molecular weight excluding hydrogens is 464 g/mol. The van der Waals surface area contributed by atoms with Crippen LogP contribution in [-0.2, 0) is 11.3 Å². The van der Waals surface area contributed by atoms with Crippen molar-refractivity contribution in [1.82, 2.24) is 16.0 Å². The van der Waals surface area contributed by atoms with Crippen molar-refractivity contribution in [2.24, 2.45) is 5.73 Å². The first-order valence-electron chi connectivity index (χ1n) is 13.1. The average molecular weight is 501 g/mol. The van der Waals surface area contributed by atoms with E-state index >= 15 is 0 Å². The Hall–Kier alpha value is -3.52. The largest absolute Gasteiger partial charge is 0.455 e. The van der Waals surface area contributed by atoms with Crippen LogP contribution in [0, 0.1) is 0 Å². The Morgan fingerprint density at radius 3 is 2.35 bits per heavy atom. The second-order valence-electron chi connectivity index (χ2n) is 9.20. The van der Waals surface area contributed by atoms with Gasteiger partial charge in [-0.05, 0) is 68.7 Å². The van der Waals surface area contributed by atoms with Crippen LogP contribution >= 0.6 is 0 Å². The van der Waals surface area contributed by atoms with Crippen molar-refractivity contribution in [2.75, 3.05) is 32.7 Å². The number of para-hydroxylation sites is 1. The lowest BCUT2D eigenvalue weighted by Gasteiger charge is -2.11. The minimum Gasteiger partial charge on any atom is -0.455 e. The minimum atomic E-state index is -0.104. The van der Waals surface area contributed by atoms with Gasteiger partial charge in [0, 0.05) is 23.7 Å². The summed E-state index contributed by atoms with van der Waals surface area (Å²) in [5.74, 6) is 0.424. The standard InChI is InChI=1S/C30H36N4O3/c31-15-3-4-16-32-17-5-6-18-33-21-29(36)34-20-23-11-8-14-26-27(35)19-28(37-30(23)26)25-13-7-10-22-9-1-2-12-24(22)25/h1-2,7-14,19,32-33H,3-6,15-18,20-21,31H2,(H,34,36). The number of hydrogen-bond acceptors (Lipinski definition) is 6. The molecule has 0 unspecified atom stereocenters. The van der Waals surface area contributed by atoms with Crippen LogP contribution in [0.15, 0.2) is 75.9 Å². The molecule has 7 heteroatoms. The van der Waals surface area contributed by atoms with Crippen molar-refractivity contribution < 1.29 is 9.21 Å². The van der Waals surface area contributed by atoms with Crippen LogP contribution < -0.4 is 27.1 Å². The fourth-order valence-electron chi connectivity index (χ4n) is 4.43. The van der Waals surface area contributed by atoms with Crippen molar-refractivity contribution in [3.05, 3.63) is 82.5 Å². The molecule has 1 amide bonds. The lowest BCUT2D eigenvalue weighted by atomic mass is 10.0. The highest BCUT2D eigenvalue weighted by Crippen LogP contribution is 2.30. The number of carbonyl (C=O) groups is 1. The highest BCUT2D eigenvalue weighted by molar-refractivity contribution is 5.96. The first-order valence-corrected chi connectivity index (χ1v) is 13.1. The molecule has 194 valence electrons. The molecule has 0 bridgehead atoms. The van der Waals surface area contributed by atoms with E-state index in [1.165, 1.54) is 0 Å². The van der Waals surface area contributed by atoms with Crippen LogP contribution in [0.1, 0.15) is 31.2 Å². The van der Waals surface area contributed by atoms with Gasteiger partial charge >= 0.3 is 0 Å². The summed E-state index contributed by atoms with van der Waals surface area (Å²) in [5, 5.41) is 12.2. The zero-order chi connectivity index (χ0) is 25.9. The summed E-state index contributed by atoms with van der Waals surface area (Å²) >= 11 is 0. The van der Waals surface area contributed by atoms with Gasteiger partial charge in [0.25, 0.3) is 0 Å². The third-order valence-electron chi connectivity index (χ3n) is 6.42. The number of nitrogens with one attached hydrogen (secondary N) is 3. The number of unbranched alkanes of at least 4 members (excludes halogenated alkanes) is 2. The molecule has 0 saturated heterocycles. The number of hydrogen-bond donors (Lipinski definition) is 4. The fraction of sp³-hybridized carbons (Fsp3) is 0.333. The Balaban J connectivity index is 1.34. The van der Waals surface area contributed by atoms with Gasteiger partial charge < -0.3 is 26.1 Å². The molecule has 0 spiro atoms. The van der Waals surface area contributed by atoms with E-state index in [4.69, 9.17) is 10.2 Å². The van der Waals surface area contributed by atoms with Gasteiger partial charge in [-0.15, -0.1) is 0 Å². The summed E-state index contributed by atoms with van der Waals surface area (Å²) in [4.78, 5) is 25.3. The van der Waals surface area contributed by atoms with E-state index in [0.717, 1.165) is 73.8 Å². The molecule has 1 heterocycles. The third-order valence-corrected chi connectivity index (χ3v) is 6.42. The smallest absolute Gasteiger partial charge is 0.234 e. The van der Waals surface area contributed by atoms with Gasteiger partial charge in [0.15, 0.2) is 5.43 Å². The molecule has 5 N–H and O–H groups in total. The van der Waals surface area contributed by atoms with Crippen LogP contribution in [0.5, 0.6) is 0 Å². The molecule has 0 radical (unpaired) electrons. The molecule has 4 rings (SSSR count). The molecule has 1 aromatic heterocycles. The Bertz CT molecular complexity index is 1380. The molecule has 3 aromatic carbocycles. The van der Waals surface area contributed by atoms with Crippen molar-refractivity contribution >= 4 is 27.6 Å². The maximum absolute atomic E-state index is 12.9. The van der Waals surface area contributed by atoms with E-state index in [1.807, 2.05) is 54.6 Å². The van der Waals surface area contributed by atoms with E-state index in [9.17, 15) is 9.59 Å². The summed E-state index contributed by atoms with van der Waals surface area (Å²) in [6.07, 6.45) is 4.23. The van der Waals surface area contributed by atoms with E-state index in [1.54, 1.807) is 12.1 Å². The maximum atomic E-state index is 12.9. The summed E-state index contributed by atoms with van der Waals surface area (Å²) in [6, 6.07) is 21.0. The number of benzene rings is 3. The Labute approximate surface area is 217 Å². The number of amides is 1. The van der Waals surface area contributed by atoms with Gasteiger partial charge in [-0.3, -0.25) is 9.59 Å². The van der Waals surface area contributed by atoms with Gasteiger partial charge in [0.2, 0.25) is 5.91 Å². The molecule has 0 saturated carbocycles. The first-order chi connectivity index (χ1) is 18.2. The van der Waals surface area contributed by atoms with Crippen LogP contribution in [0.4, 0.5) is 0 Å². The number of fused-ring (bicyclic) bond motifs is 2. The number of carbonyl (C=O) groups excluding carboxylic acids is 1. The zero-order valence-electron chi connectivity index (χ0n) is 21.2.